The predicted octanol–water partition coefficient (Wildman–Crippen LogP) is 6.95. The first-order valence-corrected chi connectivity index (χ1v) is 10.4. The summed E-state index contributed by atoms with van der Waals surface area (Å²) >= 11 is 5.56. The molecule has 0 saturated carbocycles. The highest BCUT2D eigenvalue weighted by Crippen LogP contribution is 2.46. The van der Waals surface area contributed by atoms with Crippen molar-refractivity contribution in [3.05, 3.63) is 38.4 Å². The van der Waals surface area contributed by atoms with Crippen LogP contribution in [0.2, 0.25) is 0 Å². The lowest BCUT2D eigenvalue weighted by Gasteiger charge is -1.99. The van der Waals surface area contributed by atoms with Crippen molar-refractivity contribution < 1.29 is 0 Å². The van der Waals surface area contributed by atoms with Crippen LogP contribution in [0.15, 0.2) is 17.5 Å². The van der Waals surface area contributed by atoms with E-state index >= 15 is 0 Å². The van der Waals surface area contributed by atoms with Gasteiger partial charge in [0, 0.05) is 20.5 Å². The number of imidazole rings is 1. The highest BCUT2D eigenvalue weighted by Gasteiger charge is 2.21. The van der Waals surface area contributed by atoms with E-state index in [1.54, 1.807) is 11.3 Å². The summed E-state index contributed by atoms with van der Waals surface area (Å²) < 4.78 is 2.81. The highest BCUT2D eigenvalue weighted by atomic mass is 32.1. The van der Waals surface area contributed by atoms with E-state index in [-0.39, 0.29) is 0 Å². The SMILES string of the molecule is Cc1sc2c3sc(C)c(C)c3c3[nH]c(-c4cccs4)nc3c2c1C. The van der Waals surface area contributed by atoms with E-state index in [1.807, 2.05) is 22.7 Å². The van der Waals surface area contributed by atoms with E-state index < -0.39 is 0 Å². The number of rotatable bonds is 1. The third-order valence-electron chi connectivity index (χ3n) is 4.92. The number of nitrogens with one attached hydrogen (secondary N) is 1. The maximum Gasteiger partial charge on any atom is 0.148 e. The van der Waals surface area contributed by atoms with Crippen molar-refractivity contribution in [3.8, 4) is 10.7 Å². The zero-order valence-corrected chi connectivity index (χ0v) is 16.4. The Kier molecular flexibility index (Phi) is 2.99. The van der Waals surface area contributed by atoms with Crippen LogP contribution in [0, 0.1) is 27.7 Å². The minimum Gasteiger partial charge on any atom is -0.337 e. The lowest BCUT2D eigenvalue weighted by atomic mass is 10.1. The van der Waals surface area contributed by atoms with E-state index in [0.717, 1.165) is 11.3 Å². The first kappa shape index (κ1) is 14.6. The van der Waals surface area contributed by atoms with Crippen molar-refractivity contribution in [3.63, 3.8) is 0 Å². The first-order chi connectivity index (χ1) is 11.6. The number of aromatic amines is 1. The Morgan fingerprint density at radius 2 is 1.58 bits per heavy atom. The van der Waals surface area contributed by atoms with Gasteiger partial charge in [0.2, 0.25) is 0 Å². The summed E-state index contributed by atoms with van der Waals surface area (Å²) in [5, 5.41) is 4.80. The average Bonchev–Trinajstić information content (AvgIpc) is 3.29. The Hall–Kier alpha value is -1.69. The molecule has 5 heteroatoms. The van der Waals surface area contributed by atoms with Crippen LogP contribution in [0.1, 0.15) is 20.9 Å². The lowest BCUT2D eigenvalue weighted by Crippen LogP contribution is -1.79. The molecule has 1 aromatic carbocycles. The monoisotopic (exact) mass is 368 g/mol. The normalized spacial score (nSPS) is 12.2. The number of hydrogen-bond donors (Lipinski definition) is 1. The highest BCUT2D eigenvalue weighted by molar-refractivity contribution is 7.27. The second kappa shape index (κ2) is 4.91. The summed E-state index contributed by atoms with van der Waals surface area (Å²) in [7, 11) is 0. The minimum atomic E-state index is 0.986. The molecule has 0 unspecified atom stereocenters. The Morgan fingerprint density at radius 3 is 2.25 bits per heavy atom. The molecule has 0 radical (unpaired) electrons. The Balaban J connectivity index is 2.07. The van der Waals surface area contributed by atoms with Crippen molar-refractivity contribution in [1.82, 2.24) is 9.97 Å². The fraction of sp³-hybridized carbons (Fsp3) is 0.211. The van der Waals surface area contributed by atoms with Gasteiger partial charge in [-0.2, -0.15) is 0 Å². The van der Waals surface area contributed by atoms with Crippen LogP contribution in [0.3, 0.4) is 0 Å². The summed E-state index contributed by atoms with van der Waals surface area (Å²) in [6.07, 6.45) is 0. The zero-order chi connectivity index (χ0) is 16.6. The summed E-state index contributed by atoms with van der Waals surface area (Å²) in [5.41, 5.74) is 5.08. The molecule has 2 nitrogen and oxygen atoms in total. The molecule has 120 valence electrons. The van der Waals surface area contributed by atoms with E-state index in [9.17, 15) is 0 Å². The summed E-state index contributed by atoms with van der Waals surface area (Å²) in [6.45, 7) is 8.91. The molecule has 4 aromatic heterocycles. The maximum absolute atomic E-state index is 5.02. The number of aromatic nitrogens is 2. The number of thiophene rings is 3. The summed E-state index contributed by atoms with van der Waals surface area (Å²) in [4.78, 5) is 12.6. The number of aryl methyl sites for hydroxylation is 4. The first-order valence-electron chi connectivity index (χ1n) is 7.91. The van der Waals surface area contributed by atoms with Gasteiger partial charge in [0.1, 0.15) is 5.82 Å². The molecule has 0 aliphatic rings. The van der Waals surface area contributed by atoms with Crippen molar-refractivity contribution in [2.24, 2.45) is 0 Å². The second-order valence-corrected chi connectivity index (χ2v) is 9.66. The molecule has 0 aliphatic carbocycles. The van der Waals surface area contributed by atoms with Gasteiger partial charge in [0.15, 0.2) is 0 Å². The Bertz CT molecular complexity index is 1150. The molecule has 5 aromatic rings. The van der Waals surface area contributed by atoms with Gasteiger partial charge in [-0.05, 0) is 50.3 Å². The number of nitrogens with zero attached hydrogens (tertiary/aromatic N) is 1. The molecule has 0 bridgehead atoms. The van der Waals surface area contributed by atoms with Crippen molar-refractivity contribution in [2.75, 3.05) is 0 Å². The predicted molar refractivity (Wildman–Crippen MR) is 109 cm³/mol. The molecule has 0 fully saturated rings. The molecule has 0 spiro atoms. The number of H-pyrrole nitrogens is 1. The standard InChI is InChI=1S/C19H16N2S3/c1-8-10(3)23-17-13(8)15-16(14-9(2)11(4)24-18(14)17)21-19(20-15)12-6-5-7-22-12/h5-7H,1-4H3,(H,20,21). The summed E-state index contributed by atoms with van der Waals surface area (Å²) in [5.74, 6) is 0.986. The molecular formula is C19H16N2S3. The fourth-order valence-corrected chi connectivity index (χ4v) is 6.57. The average molecular weight is 369 g/mol. The van der Waals surface area contributed by atoms with Crippen molar-refractivity contribution in [2.45, 2.75) is 27.7 Å². The van der Waals surface area contributed by atoms with E-state index in [4.69, 9.17) is 4.98 Å². The Morgan fingerprint density at radius 1 is 0.917 bits per heavy atom. The quantitative estimate of drug-likeness (QED) is 0.340. The van der Waals surface area contributed by atoms with Gasteiger partial charge < -0.3 is 4.98 Å². The van der Waals surface area contributed by atoms with Crippen LogP contribution in [-0.4, -0.2) is 9.97 Å². The van der Waals surface area contributed by atoms with Gasteiger partial charge in [-0.25, -0.2) is 4.98 Å². The zero-order valence-electron chi connectivity index (χ0n) is 13.9. The topological polar surface area (TPSA) is 28.7 Å². The minimum absolute atomic E-state index is 0.986. The third-order valence-corrected chi connectivity index (χ3v) is 8.38. The van der Waals surface area contributed by atoms with Gasteiger partial charge in [0.25, 0.3) is 0 Å². The van der Waals surface area contributed by atoms with Gasteiger partial charge in [0.05, 0.1) is 25.3 Å². The van der Waals surface area contributed by atoms with E-state index in [2.05, 4.69) is 50.2 Å². The van der Waals surface area contributed by atoms with Gasteiger partial charge in [-0.3, -0.25) is 0 Å². The maximum atomic E-state index is 5.02. The van der Waals surface area contributed by atoms with Crippen molar-refractivity contribution in [1.29, 1.82) is 0 Å². The van der Waals surface area contributed by atoms with E-state index in [1.165, 1.54) is 51.4 Å². The molecule has 1 N–H and O–H groups in total. The van der Waals surface area contributed by atoms with Crippen LogP contribution in [0.25, 0.3) is 41.9 Å². The van der Waals surface area contributed by atoms with Gasteiger partial charge in [-0.15, -0.1) is 34.0 Å². The fourth-order valence-electron chi connectivity index (χ4n) is 3.42. The molecule has 0 amide bonds. The lowest BCUT2D eigenvalue weighted by molar-refractivity contribution is 1.36. The molecular weight excluding hydrogens is 352 g/mol. The second-order valence-electron chi connectivity index (χ2n) is 6.26. The Labute approximate surface area is 151 Å². The molecule has 5 rings (SSSR count). The number of fused-ring (bicyclic) bond motifs is 6. The van der Waals surface area contributed by atoms with Crippen molar-refractivity contribution >= 4 is 65.2 Å². The smallest absolute Gasteiger partial charge is 0.148 e. The molecule has 0 atom stereocenters. The van der Waals surface area contributed by atoms with Gasteiger partial charge in [-0.1, -0.05) is 6.07 Å². The van der Waals surface area contributed by atoms with Crippen LogP contribution < -0.4 is 0 Å². The number of benzene rings is 1. The largest absolute Gasteiger partial charge is 0.337 e. The van der Waals surface area contributed by atoms with E-state index in [0.29, 0.717) is 0 Å². The molecule has 0 saturated heterocycles. The van der Waals surface area contributed by atoms with Crippen LogP contribution in [0.4, 0.5) is 0 Å². The van der Waals surface area contributed by atoms with Crippen LogP contribution >= 0.6 is 34.0 Å². The molecule has 4 heterocycles. The molecule has 24 heavy (non-hydrogen) atoms. The van der Waals surface area contributed by atoms with Crippen LogP contribution in [0.5, 0.6) is 0 Å². The third kappa shape index (κ3) is 1.78. The van der Waals surface area contributed by atoms with Gasteiger partial charge >= 0.3 is 0 Å². The van der Waals surface area contributed by atoms with Crippen LogP contribution in [-0.2, 0) is 0 Å². The molecule has 0 aliphatic heterocycles. The number of hydrogen-bond acceptors (Lipinski definition) is 4. The summed E-state index contributed by atoms with van der Waals surface area (Å²) in [6, 6.07) is 4.21.